The third kappa shape index (κ3) is 18.7. The number of aliphatic hydroxyl groups excluding tert-OH is 1. The van der Waals surface area contributed by atoms with Crippen molar-refractivity contribution in [2.75, 3.05) is 73.1 Å². The molecule has 0 aromatic heterocycles. The highest BCUT2D eigenvalue weighted by atomic mass is 31.2. The Morgan fingerprint density at radius 1 is 0.652 bits per heavy atom. The van der Waals surface area contributed by atoms with E-state index in [4.69, 9.17) is 33.0 Å². The summed E-state index contributed by atoms with van der Waals surface area (Å²) in [7, 11) is -5.86. The van der Waals surface area contributed by atoms with Crippen LogP contribution in [-0.2, 0) is 42.2 Å². The second-order valence-electron chi connectivity index (χ2n) is 12.5. The molecular formula is C32H69NO11P2. The number of ether oxygens (including phenoxy) is 4. The third-order valence-corrected chi connectivity index (χ3v) is 13.4. The first-order valence-electron chi connectivity index (χ1n) is 17.4. The quantitative estimate of drug-likeness (QED) is 0.0268. The molecule has 0 radical (unpaired) electrons. The minimum atomic E-state index is -3.64. The van der Waals surface area contributed by atoms with Crippen LogP contribution in [0.1, 0.15) is 119 Å². The predicted octanol–water partition coefficient (Wildman–Crippen LogP) is 7.25. The first-order chi connectivity index (χ1) is 21.9. The van der Waals surface area contributed by atoms with E-state index in [-0.39, 0.29) is 19.8 Å². The fourth-order valence-corrected chi connectivity index (χ4v) is 9.12. The molecule has 3 N–H and O–H groups in total. The van der Waals surface area contributed by atoms with Crippen molar-refractivity contribution in [2.45, 2.75) is 135 Å². The van der Waals surface area contributed by atoms with Gasteiger partial charge in [-0.3, -0.25) is 9.13 Å². The van der Waals surface area contributed by atoms with Gasteiger partial charge >= 0.3 is 7.60 Å². The number of nitrogens with one attached hydrogen (secondary N) is 1. The Morgan fingerprint density at radius 2 is 1.17 bits per heavy atom. The summed E-state index contributed by atoms with van der Waals surface area (Å²) >= 11 is 0. The molecule has 0 amide bonds. The van der Waals surface area contributed by atoms with E-state index in [1.54, 1.807) is 0 Å². The normalized spacial score (nSPS) is 18.0. The van der Waals surface area contributed by atoms with Crippen LogP contribution in [0.3, 0.4) is 0 Å². The molecule has 278 valence electrons. The van der Waals surface area contributed by atoms with Crippen LogP contribution < -0.4 is 5.09 Å². The van der Waals surface area contributed by atoms with Gasteiger partial charge in [0.25, 0.3) is 7.52 Å². The molecule has 5 atom stereocenters. The zero-order chi connectivity index (χ0) is 34.8. The Bertz CT molecular complexity index is 825. The lowest BCUT2D eigenvalue weighted by Gasteiger charge is -2.35. The zero-order valence-corrected chi connectivity index (χ0v) is 31.9. The summed E-state index contributed by atoms with van der Waals surface area (Å²) in [5.74, 6) is 0. The SMILES string of the molecule is CCCCCCC(C)(CCC)P(=O)(O)NCCOCCOCCOCCOCC(O)COP(=O)(OOC)C(C)(CCC)CCCC. The highest BCUT2D eigenvalue weighted by Crippen LogP contribution is 2.64. The Hall–Kier alpha value is 0.0600. The maximum atomic E-state index is 13.6. The van der Waals surface area contributed by atoms with Crippen molar-refractivity contribution >= 4 is 15.1 Å². The summed E-state index contributed by atoms with van der Waals surface area (Å²) in [6.45, 7) is 14.7. The van der Waals surface area contributed by atoms with E-state index in [9.17, 15) is 19.1 Å². The second-order valence-corrected chi connectivity index (χ2v) is 17.5. The van der Waals surface area contributed by atoms with Crippen molar-refractivity contribution in [3.05, 3.63) is 0 Å². The molecule has 0 saturated heterocycles. The lowest BCUT2D eigenvalue weighted by molar-refractivity contribution is -0.192. The van der Waals surface area contributed by atoms with Gasteiger partial charge in [-0.15, -0.1) is 4.67 Å². The smallest absolute Gasteiger partial charge is 0.363 e. The largest absolute Gasteiger partial charge is 0.388 e. The monoisotopic (exact) mass is 705 g/mol. The van der Waals surface area contributed by atoms with Crippen LogP contribution in [0, 0.1) is 0 Å². The van der Waals surface area contributed by atoms with Crippen LogP contribution in [0.5, 0.6) is 0 Å². The van der Waals surface area contributed by atoms with E-state index in [1.807, 2.05) is 20.8 Å². The van der Waals surface area contributed by atoms with Crippen LogP contribution in [0.2, 0.25) is 0 Å². The molecule has 0 aromatic rings. The van der Waals surface area contributed by atoms with Gasteiger partial charge in [0.05, 0.1) is 76.9 Å². The van der Waals surface area contributed by atoms with Gasteiger partial charge in [-0.2, -0.15) is 0 Å². The fraction of sp³-hybridized carbons (Fsp3) is 1.00. The minimum Gasteiger partial charge on any atom is -0.388 e. The van der Waals surface area contributed by atoms with E-state index < -0.39 is 31.5 Å². The number of aliphatic hydroxyl groups is 1. The maximum absolute atomic E-state index is 13.6. The average molecular weight is 706 g/mol. The fourth-order valence-electron chi connectivity index (χ4n) is 5.33. The molecule has 0 bridgehead atoms. The van der Waals surface area contributed by atoms with Crippen molar-refractivity contribution in [2.24, 2.45) is 0 Å². The summed E-state index contributed by atoms with van der Waals surface area (Å²) in [5.41, 5.74) is 0. The third-order valence-electron chi connectivity index (χ3n) is 8.22. The molecule has 0 aliphatic rings. The topological polar surface area (TPSA) is 151 Å². The van der Waals surface area contributed by atoms with Gasteiger partial charge in [0.15, 0.2) is 0 Å². The number of unbranched alkanes of at least 4 members (excludes halogenated alkanes) is 4. The molecule has 0 fully saturated rings. The van der Waals surface area contributed by atoms with Crippen LogP contribution >= 0.6 is 15.1 Å². The summed E-state index contributed by atoms with van der Waals surface area (Å²) < 4.78 is 59.5. The summed E-state index contributed by atoms with van der Waals surface area (Å²) in [6.07, 6.45) is 9.68. The summed E-state index contributed by atoms with van der Waals surface area (Å²) in [5, 5.41) is 11.9. The molecule has 12 nitrogen and oxygen atoms in total. The lowest BCUT2D eigenvalue weighted by atomic mass is 9.97. The number of hydrogen-bond acceptors (Lipinski definition) is 10. The van der Waals surface area contributed by atoms with Crippen LogP contribution in [0.25, 0.3) is 0 Å². The van der Waals surface area contributed by atoms with E-state index in [0.29, 0.717) is 65.4 Å². The Balaban J connectivity index is 4.06. The average Bonchev–Trinajstić information content (AvgIpc) is 3.01. The molecule has 0 aliphatic carbocycles. The molecular weight excluding hydrogens is 636 g/mol. The van der Waals surface area contributed by atoms with Gasteiger partial charge in [0.2, 0.25) is 0 Å². The number of rotatable bonds is 34. The number of hydrogen-bond donors (Lipinski definition) is 3. The van der Waals surface area contributed by atoms with Gasteiger partial charge in [0.1, 0.15) is 6.10 Å². The maximum Gasteiger partial charge on any atom is 0.363 e. The van der Waals surface area contributed by atoms with Crippen molar-refractivity contribution in [1.29, 1.82) is 0 Å². The molecule has 0 saturated carbocycles. The highest BCUT2D eigenvalue weighted by Gasteiger charge is 2.47. The van der Waals surface area contributed by atoms with Crippen LogP contribution in [0.15, 0.2) is 0 Å². The molecule has 5 unspecified atom stereocenters. The molecule has 0 spiro atoms. The lowest BCUT2D eigenvalue weighted by Crippen LogP contribution is -2.33. The minimum absolute atomic E-state index is 0.00102. The van der Waals surface area contributed by atoms with Crippen LogP contribution in [-0.4, -0.2) is 99.5 Å². The van der Waals surface area contributed by atoms with Crippen molar-refractivity contribution in [3.63, 3.8) is 0 Å². The first-order valence-corrected chi connectivity index (χ1v) is 20.6. The predicted molar refractivity (Wildman–Crippen MR) is 184 cm³/mol. The van der Waals surface area contributed by atoms with E-state index in [1.165, 1.54) is 7.11 Å². The Kier molecular flexibility index (Phi) is 26.9. The molecule has 0 heterocycles. The Labute approximate surface area is 280 Å². The summed E-state index contributed by atoms with van der Waals surface area (Å²) in [4.78, 5) is 15.6. The van der Waals surface area contributed by atoms with Gasteiger partial charge < -0.3 is 33.5 Å². The van der Waals surface area contributed by atoms with Gasteiger partial charge in [-0.1, -0.05) is 79.1 Å². The second kappa shape index (κ2) is 26.9. The van der Waals surface area contributed by atoms with E-state index in [2.05, 4.69) is 25.9 Å². The Morgan fingerprint density at radius 3 is 1.72 bits per heavy atom. The van der Waals surface area contributed by atoms with Gasteiger partial charge in [-0.25, -0.2) is 9.97 Å². The summed E-state index contributed by atoms with van der Waals surface area (Å²) in [6, 6.07) is 0. The van der Waals surface area contributed by atoms with Gasteiger partial charge in [0, 0.05) is 6.54 Å². The molecule has 0 aromatic carbocycles. The first kappa shape index (κ1) is 46.1. The zero-order valence-electron chi connectivity index (χ0n) is 30.1. The van der Waals surface area contributed by atoms with Crippen LogP contribution in [0.4, 0.5) is 0 Å². The van der Waals surface area contributed by atoms with Crippen molar-refractivity contribution in [3.8, 4) is 0 Å². The highest BCUT2D eigenvalue weighted by molar-refractivity contribution is 7.57. The molecule has 0 aliphatic heterocycles. The van der Waals surface area contributed by atoms with E-state index >= 15 is 0 Å². The van der Waals surface area contributed by atoms with Crippen molar-refractivity contribution in [1.82, 2.24) is 5.09 Å². The standard InChI is InChI=1S/C32H69NO11P2/c1-8-12-14-15-19-31(5,16-10-3)45(35,36)33-20-21-39-22-23-40-24-25-41-26-27-42-28-30(34)29-43-46(37,44-38-7)32(6,17-11-4)18-13-9-2/h30,34H,8-29H2,1-7H3,(H2,33,35,36). The molecule has 0 rings (SSSR count). The molecule has 14 heteroatoms. The molecule has 46 heavy (non-hydrogen) atoms. The van der Waals surface area contributed by atoms with Gasteiger partial charge in [-0.05, 0) is 39.5 Å². The van der Waals surface area contributed by atoms with Crippen molar-refractivity contribution < 1.29 is 52.2 Å². The van der Waals surface area contributed by atoms with E-state index in [0.717, 1.165) is 57.8 Å².